The maximum absolute atomic E-state index is 12.9. The van der Waals surface area contributed by atoms with Crippen LogP contribution in [0, 0.1) is 17.3 Å². The van der Waals surface area contributed by atoms with Crippen LogP contribution in [-0.2, 0) is 16.0 Å². The van der Waals surface area contributed by atoms with Gasteiger partial charge in [0.2, 0.25) is 5.95 Å². The summed E-state index contributed by atoms with van der Waals surface area (Å²) in [6.07, 6.45) is -3.55. The minimum absolute atomic E-state index is 0.309. The van der Waals surface area contributed by atoms with Crippen LogP contribution in [0.4, 0.5) is 13.2 Å². The second-order valence-electron chi connectivity index (χ2n) is 3.03. The van der Waals surface area contributed by atoms with Crippen molar-refractivity contribution in [1.82, 2.24) is 4.98 Å². The summed E-state index contributed by atoms with van der Waals surface area (Å²) in [5.41, 5.74) is -1.57. The summed E-state index contributed by atoms with van der Waals surface area (Å²) in [4.78, 5) is 14.2. The molecule has 0 atom stereocenters. The van der Waals surface area contributed by atoms with E-state index >= 15 is 0 Å². The van der Waals surface area contributed by atoms with Gasteiger partial charge in [-0.05, 0) is 0 Å². The number of nitriles is 1. The quantitative estimate of drug-likeness (QED) is 0.600. The third kappa shape index (κ3) is 2.93. The summed E-state index contributed by atoms with van der Waals surface area (Å²) in [5.74, 6) is -2.00. The normalized spacial score (nSPS) is 10.1. The number of pyridine rings is 1. The van der Waals surface area contributed by atoms with Gasteiger partial charge in [-0.2, -0.15) is 9.65 Å². The number of carbonyl (C=O) groups is 1. The highest BCUT2D eigenvalue weighted by molar-refractivity contribution is 5.73. The number of halogens is 3. The molecule has 0 aromatic carbocycles. The zero-order valence-corrected chi connectivity index (χ0v) is 8.71. The van der Waals surface area contributed by atoms with Crippen molar-refractivity contribution < 1.29 is 22.7 Å². The second kappa shape index (κ2) is 5.30. The first-order valence-corrected chi connectivity index (χ1v) is 4.44. The Morgan fingerprint density at radius 3 is 2.76 bits per heavy atom. The molecular formula is C10H7F3N2O2. The van der Waals surface area contributed by atoms with Gasteiger partial charge in [0.1, 0.15) is 11.8 Å². The average molecular weight is 244 g/mol. The zero-order chi connectivity index (χ0) is 13.0. The highest BCUT2D eigenvalue weighted by Crippen LogP contribution is 2.25. The molecule has 90 valence electrons. The summed E-state index contributed by atoms with van der Waals surface area (Å²) in [5, 5.41) is 8.66. The number of aromatic nitrogens is 1. The van der Waals surface area contributed by atoms with Crippen molar-refractivity contribution in [2.75, 3.05) is 7.11 Å². The SMILES string of the molecule is COC(=O)Cc1c(C(F)F)cc(F)nc1C#N. The molecule has 0 aliphatic carbocycles. The van der Waals surface area contributed by atoms with Gasteiger partial charge in [-0.1, -0.05) is 0 Å². The van der Waals surface area contributed by atoms with E-state index in [9.17, 15) is 18.0 Å². The highest BCUT2D eigenvalue weighted by Gasteiger charge is 2.21. The molecule has 0 aliphatic rings. The molecule has 1 heterocycles. The van der Waals surface area contributed by atoms with Crippen molar-refractivity contribution in [3.05, 3.63) is 28.8 Å². The predicted octanol–water partition coefficient (Wildman–Crippen LogP) is 1.75. The molecule has 7 heteroatoms. The minimum Gasteiger partial charge on any atom is -0.469 e. The van der Waals surface area contributed by atoms with Crippen LogP contribution in [0.2, 0.25) is 0 Å². The fraction of sp³-hybridized carbons (Fsp3) is 0.300. The summed E-state index contributed by atoms with van der Waals surface area (Å²) in [6, 6.07) is 1.97. The number of methoxy groups -OCH3 is 1. The van der Waals surface area contributed by atoms with E-state index in [1.165, 1.54) is 6.07 Å². The van der Waals surface area contributed by atoms with Crippen LogP contribution in [0.25, 0.3) is 0 Å². The molecule has 0 spiro atoms. The number of alkyl halides is 2. The maximum Gasteiger partial charge on any atom is 0.310 e. The smallest absolute Gasteiger partial charge is 0.310 e. The Kier molecular flexibility index (Phi) is 4.04. The van der Waals surface area contributed by atoms with E-state index in [0.29, 0.717) is 6.07 Å². The molecule has 0 aliphatic heterocycles. The van der Waals surface area contributed by atoms with Crippen LogP contribution in [0.1, 0.15) is 23.2 Å². The lowest BCUT2D eigenvalue weighted by Gasteiger charge is -2.09. The van der Waals surface area contributed by atoms with Gasteiger partial charge in [-0.3, -0.25) is 4.79 Å². The molecule has 0 saturated carbocycles. The lowest BCUT2D eigenvalue weighted by atomic mass is 10.0. The fourth-order valence-corrected chi connectivity index (χ4v) is 1.25. The van der Waals surface area contributed by atoms with Crippen LogP contribution < -0.4 is 0 Å². The van der Waals surface area contributed by atoms with Gasteiger partial charge in [0.05, 0.1) is 13.5 Å². The summed E-state index contributed by atoms with van der Waals surface area (Å²) in [7, 11) is 1.08. The van der Waals surface area contributed by atoms with Gasteiger partial charge in [-0.25, -0.2) is 13.8 Å². The number of esters is 1. The predicted molar refractivity (Wildman–Crippen MR) is 49.6 cm³/mol. The largest absolute Gasteiger partial charge is 0.469 e. The number of nitrogens with zero attached hydrogens (tertiary/aromatic N) is 2. The molecule has 0 amide bonds. The third-order valence-electron chi connectivity index (χ3n) is 2.02. The van der Waals surface area contributed by atoms with E-state index in [0.717, 1.165) is 7.11 Å². The van der Waals surface area contributed by atoms with Gasteiger partial charge >= 0.3 is 5.97 Å². The van der Waals surface area contributed by atoms with Crippen molar-refractivity contribution >= 4 is 5.97 Å². The lowest BCUT2D eigenvalue weighted by molar-refractivity contribution is -0.139. The van der Waals surface area contributed by atoms with E-state index in [1.807, 2.05) is 0 Å². The summed E-state index contributed by atoms with van der Waals surface area (Å²) < 4.78 is 42.4. The minimum atomic E-state index is -3.00. The monoisotopic (exact) mass is 244 g/mol. The first-order valence-electron chi connectivity index (χ1n) is 4.44. The van der Waals surface area contributed by atoms with Crippen LogP contribution in [-0.4, -0.2) is 18.1 Å². The van der Waals surface area contributed by atoms with Crippen molar-refractivity contribution in [1.29, 1.82) is 5.26 Å². The van der Waals surface area contributed by atoms with Gasteiger partial charge in [0.15, 0.2) is 0 Å². The fourth-order valence-electron chi connectivity index (χ4n) is 1.25. The van der Waals surface area contributed by atoms with Crippen LogP contribution >= 0.6 is 0 Å². The molecule has 1 rings (SSSR count). The molecule has 17 heavy (non-hydrogen) atoms. The maximum atomic E-state index is 12.9. The second-order valence-corrected chi connectivity index (χ2v) is 3.03. The first kappa shape index (κ1) is 13.0. The topological polar surface area (TPSA) is 63.0 Å². The number of rotatable bonds is 3. The Bertz CT molecular complexity index is 483. The van der Waals surface area contributed by atoms with Gasteiger partial charge < -0.3 is 4.74 Å². The average Bonchev–Trinajstić information content (AvgIpc) is 2.30. The molecule has 0 saturated heterocycles. The van der Waals surface area contributed by atoms with E-state index in [4.69, 9.17) is 5.26 Å². The van der Waals surface area contributed by atoms with Crippen LogP contribution in [0.5, 0.6) is 0 Å². The number of hydrogen-bond donors (Lipinski definition) is 0. The van der Waals surface area contributed by atoms with Crippen molar-refractivity contribution in [3.63, 3.8) is 0 Å². The molecule has 0 bridgehead atoms. The molecule has 0 radical (unpaired) electrons. The lowest BCUT2D eigenvalue weighted by Crippen LogP contribution is -2.11. The Hall–Kier alpha value is -2.10. The highest BCUT2D eigenvalue weighted by atomic mass is 19.3. The Balaban J connectivity index is 3.33. The van der Waals surface area contributed by atoms with Crippen LogP contribution in [0.3, 0.4) is 0 Å². The third-order valence-corrected chi connectivity index (χ3v) is 2.02. The molecule has 1 aromatic rings. The molecule has 0 fully saturated rings. The Morgan fingerprint density at radius 2 is 2.29 bits per heavy atom. The zero-order valence-electron chi connectivity index (χ0n) is 8.71. The van der Waals surface area contributed by atoms with E-state index in [1.54, 1.807) is 0 Å². The molecular weight excluding hydrogens is 237 g/mol. The first-order chi connectivity index (χ1) is 7.99. The van der Waals surface area contributed by atoms with E-state index in [-0.39, 0.29) is 5.56 Å². The van der Waals surface area contributed by atoms with Crippen molar-refractivity contribution in [3.8, 4) is 6.07 Å². The van der Waals surface area contributed by atoms with E-state index < -0.39 is 36.0 Å². The van der Waals surface area contributed by atoms with Crippen molar-refractivity contribution in [2.45, 2.75) is 12.8 Å². The van der Waals surface area contributed by atoms with Crippen LogP contribution in [0.15, 0.2) is 6.07 Å². The molecule has 1 aromatic heterocycles. The van der Waals surface area contributed by atoms with E-state index in [2.05, 4.69) is 9.72 Å². The molecule has 0 unspecified atom stereocenters. The summed E-state index contributed by atoms with van der Waals surface area (Å²) in [6.45, 7) is 0. The van der Waals surface area contributed by atoms with Gasteiger partial charge in [0, 0.05) is 17.2 Å². The standard InChI is InChI=1S/C10H7F3N2O2/c1-17-9(16)3-5-6(10(12)13)2-8(11)15-7(5)4-14/h2,10H,3H2,1H3. The van der Waals surface area contributed by atoms with Gasteiger partial charge in [0.25, 0.3) is 6.43 Å². The summed E-state index contributed by atoms with van der Waals surface area (Å²) >= 11 is 0. The molecule has 0 N–H and O–H groups in total. The van der Waals surface area contributed by atoms with Crippen molar-refractivity contribution in [2.24, 2.45) is 0 Å². The number of ether oxygens (including phenoxy) is 1. The number of carbonyl (C=O) groups excluding carboxylic acids is 1. The van der Waals surface area contributed by atoms with Gasteiger partial charge in [-0.15, -0.1) is 0 Å². The Morgan fingerprint density at radius 1 is 1.65 bits per heavy atom. The number of hydrogen-bond acceptors (Lipinski definition) is 4. The Labute approximate surface area is 94.6 Å². The molecule has 4 nitrogen and oxygen atoms in total.